The number of hydrogen-bond donors (Lipinski definition) is 2. The molecule has 2 N–H and O–H groups in total. The number of amides is 1. The molecular formula is C41H66N2O3. The molecule has 0 bridgehead atoms. The van der Waals surface area contributed by atoms with Crippen molar-refractivity contribution in [2.45, 2.75) is 150 Å². The summed E-state index contributed by atoms with van der Waals surface area (Å²) in [7, 11) is 0. The Morgan fingerprint density at radius 1 is 1.02 bits per heavy atom. The molecule has 1 fully saturated rings. The molecule has 258 valence electrons. The first-order valence-corrected chi connectivity index (χ1v) is 18.8. The van der Waals surface area contributed by atoms with Crippen LogP contribution in [0, 0.1) is 16.7 Å². The SMILES string of the molecule is CCC1(CC)C(=O)C(CCCCNC(=O)CCC(C)COCCC(C)(C)C/C2=C/CCCCCCCC2)NC2=C/C=C\C=C/C=C\21. The number of fused-ring (bicyclic) bond motifs is 1. The summed E-state index contributed by atoms with van der Waals surface area (Å²) >= 11 is 0. The van der Waals surface area contributed by atoms with Crippen molar-refractivity contribution in [3.8, 4) is 0 Å². The van der Waals surface area contributed by atoms with E-state index in [0.717, 1.165) is 62.8 Å². The second-order valence-electron chi connectivity index (χ2n) is 15.0. The van der Waals surface area contributed by atoms with Gasteiger partial charge in [-0.1, -0.05) is 102 Å². The molecule has 3 aliphatic rings. The second kappa shape index (κ2) is 20.1. The van der Waals surface area contributed by atoms with E-state index >= 15 is 0 Å². The maximum absolute atomic E-state index is 13.7. The molecule has 2 unspecified atom stereocenters. The van der Waals surface area contributed by atoms with Crippen LogP contribution in [0.4, 0.5) is 0 Å². The minimum atomic E-state index is -0.438. The van der Waals surface area contributed by atoms with Gasteiger partial charge in [-0.25, -0.2) is 0 Å². The smallest absolute Gasteiger partial charge is 0.220 e. The van der Waals surface area contributed by atoms with E-state index < -0.39 is 5.41 Å². The van der Waals surface area contributed by atoms with Gasteiger partial charge in [-0.15, -0.1) is 0 Å². The first-order chi connectivity index (χ1) is 22.2. The van der Waals surface area contributed by atoms with Crippen LogP contribution in [0.3, 0.4) is 0 Å². The average Bonchev–Trinajstić information content (AvgIpc) is 3.02. The fourth-order valence-corrected chi connectivity index (χ4v) is 7.42. The molecule has 5 heteroatoms. The fraction of sp³-hybridized carbons (Fsp3) is 0.707. The number of ketones is 1. The summed E-state index contributed by atoms with van der Waals surface area (Å²) in [5.41, 5.74) is 3.66. The van der Waals surface area contributed by atoms with Crippen molar-refractivity contribution < 1.29 is 14.3 Å². The van der Waals surface area contributed by atoms with Gasteiger partial charge in [0, 0.05) is 31.9 Å². The number of carbonyl (C=O) groups is 2. The molecule has 0 aromatic heterocycles. The molecule has 1 saturated heterocycles. The lowest BCUT2D eigenvalue weighted by molar-refractivity contribution is -0.130. The Kier molecular flexibility index (Phi) is 16.6. The predicted octanol–water partition coefficient (Wildman–Crippen LogP) is 9.86. The first kappa shape index (κ1) is 38.1. The van der Waals surface area contributed by atoms with Crippen LogP contribution in [0.15, 0.2) is 59.4 Å². The van der Waals surface area contributed by atoms with E-state index in [2.05, 4.69) is 63.5 Å². The quantitative estimate of drug-likeness (QED) is 0.123. The Morgan fingerprint density at radius 3 is 2.50 bits per heavy atom. The minimum absolute atomic E-state index is 0.115. The van der Waals surface area contributed by atoms with E-state index in [4.69, 9.17) is 4.74 Å². The molecule has 0 radical (unpaired) electrons. The van der Waals surface area contributed by atoms with Gasteiger partial charge in [0.2, 0.25) is 5.91 Å². The molecule has 1 heterocycles. The van der Waals surface area contributed by atoms with Gasteiger partial charge >= 0.3 is 0 Å². The molecule has 0 aromatic rings. The Hall–Kier alpha value is -2.40. The van der Waals surface area contributed by atoms with Gasteiger partial charge in [0.1, 0.15) is 0 Å². The number of unbranched alkanes of at least 4 members (excludes halogenated alkanes) is 1. The molecule has 3 rings (SSSR count). The van der Waals surface area contributed by atoms with Crippen molar-refractivity contribution in [3.63, 3.8) is 0 Å². The number of rotatable bonds is 17. The Bertz CT molecular complexity index is 1100. The second-order valence-corrected chi connectivity index (χ2v) is 15.0. The van der Waals surface area contributed by atoms with E-state index in [-0.39, 0.29) is 17.4 Å². The molecule has 2 atom stereocenters. The average molecular weight is 635 g/mol. The van der Waals surface area contributed by atoms with E-state index in [1.54, 1.807) is 5.57 Å². The van der Waals surface area contributed by atoms with Crippen LogP contribution in [-0.2, 0) is 14.3 Å². The summed E-state index contributed by atoms with van der Waals surface area (Å²) in [6.45, 7) is 13.4. The number of carbonyl (C=O) groups excluding carboxylic acids is 2. The summed E-state index contributed by atoms with van der Waals surface area (Å²) in [5.74, 6) is 0.785. The Morgan fingerprint density at radius 2 is 1.74 bits per heavy atom. The van der Waals surface area contributed by atoms with Crippen LogP contribution in [0.25, 0.3) is 0 Å². The normalized spacial score (nSPS) is 25.9. The van der Waals surface area contributed by atoms with Gasteiger partial charge in [0.25, 0.3) is 0 Å². The van der Waals surface area contributed by atoms with Crippen molar-refractivity contribution in [1.82, 2.24) is 10.6 Å². The van der Waals surface area contributed by atoms with Crippen LogP contribution in [-0.4, -0.2) is 37.5 Å². The number of Topliss-reactive ketones (excluding diaryl/α,β-unsaturated/α-hetero) is 1. The minimum Gasteiger partial charge on any atom is -0.381 e. The maximum Gasteiger partial charge on any atom is 0.220 e. The van der Waals surface area contributed by atoms with Gasteiger partial charge in [-0.2, -0.15) is 0 Å². The van der Waals surface area contributed by atoms with Crippen molar-refractivity contribution >= 4 is 11.7 Å². The van der Waals surface area contributed by atoms with Crippen molar-refractivity contribution in [3.05, 3.63) is 59.4 Å². The Labute approximate surface area is 281 Å². The molecule has 46 heavy (non-hydrogen) atoms. The highest BCUT2D eigenvalue weighted by Gasteiger charge is 2.46. The van der Waals surface area contributed by atoms with Crippen LogP contribution in [0.5, 0.6) is 0 Å². The molecule has 2 aliphatic carbocycles. The number of ether oxygens (including phenoxy) is 1. The lowest BCUT2D eigenvalue weighted by Gasteiger charge is -2.43. The molecule has 0 spiro atoms. The molecule has 5 nitrogen and oxygen atoms in total. The number of piperidine rings is 1. The van der Waals surface area contributed by atoms with E-state index in [0.29, 0.717) is 31.3 Å². The molecule has 0 saturated carbocycles. The highest BCUT2D eigenvalue weighted by atomic mass is 16.5. The number of nitrogens with one attached hydrogen (secondary N) is 2. The summed E-state index contributed by atoms with van der Waals surface area (Å²) in [5, 5.41) is 6.64. The molecular weight excluding hydrogens is 568 g/mol. The number of allylic oxidation sites excluding steroid dienone is 9. The highest BCUT2D eigenvalue weighted by Crippen LogP contribution is 2.44. The topological polar surface area (TPSA) is 67.4 Å². The highest BCUT2D eigenvalue weighted by molar-refractivity contribution is 5.95. The van der Waals surface area contributed by atoms with E-state index in [9.17, 15) is 9.59 Å². The van der Waals surface area contributed by atoms with Gasteiger partial charge < -0.3 is 15.4 Å². The lowest BCUT2D eigenvalue weighted by atomic mass is 9.65. The maximum atomic E-state index is 13.7. The summed E-state index contributed by atoms with van der Waals surface area (Å²) in [6.07, 6.45) is 33.4. The fourth-order valence-electron chi connectivity index (χ4n) is 7.42. The Balaban J connectivity index is 1.29. The third-order valence-electron chi connectivity index (χ3n) is 10.5. The van der Waals surface area contributed by atoms with Crippen LogP contribution in [0.1, 0.15) is 144 Å². The third kappa shape index (κ3) is 12.3. The van der Waals surface area contributed by atoms with Crippen molar-refractivity contribution in [1.29, 1.82) is 0 Å². The van der Waals surface area contributed by atoms with Crippen molar-refractivity contribution in [2.75, 3.05) is 19.8 Å². The van der Waals surface area contributed by atoms with Gasteiger partial charge in [-0.05, 0) is 100 Å². The monoisotopic (exact) mass is 635 g/mol. The summed E-state index contributed by atoms with van der Waals surface area (Å²) in [6, 6.07) is -0.185. The number of hydrogen-bond acceptors (Lipinski definition) is 4. The molecule has 0 aromatic carbocycles. The third-order valence-corrected chi connectivity index (χ3v) is 10.5. The predicted molar refractivity (Wildman–Crippen MR) is 194 cm³/mol. The van der Waals surface area contributed by atoms with Gasteiger partial charge in [-0.3, -0.25) is 9.59 Å². The standard InChI is InChI=1S/C41H66N2O3/c1-6-41(7-2)35-23-17-13-14-18-24-36(35)43-37(39(41)45)25-19-20-29-42-38(44)27-26-33(3)32-46-30-28-40(4,5)31-34-21-15-11-9-8-10-12-16-22-34/h13-14,17-18,21,23-24,33,37,43H,6-12,15-16,19-20,22,25-32H2,1-5H3,(H,42,44)/b14-13?,17-13-,18-14-,23-17?,24-18?,34-21+,35-23+,36-24+. The van der Waals surface area contributed by atoms with Crippen LogP contribution >= 0.6 is 0 Å². The zero-order valence-corrected chi connectivity index (χ0v) is 30.1. The lowest BCUT2D eigenvalue weighted by Crippen LogP contribution is -2.53. The van der Waals surface area contributed by atoms with Gasteiger partial charge in [0.15, 0.2) is 5.78 Å². The molecule has 1 amide bonds. The van der Waals surface area contributed by atoms with Crippen LogP contribution in [0.2, 0.25) is 0 Å². The zero-order valence-electron chi connectivity index (χ0n) is 30.1. The van der Waals surface area contributed by atoms with Crippen LogP contribution < -0.4 is 10.6 Å². The first-order valence-electron chi connectivity index (χ1n) is 18.8. The summed E-state index contributed by atoms with van der Waals surface area (Å²) in [4.78, 5) is 26.2. The molecule has 1 aliphatic heterocycles. The largest absolute Gasteiger partial charge is 0.381 e. The van der Waals surface area contributed by atoms with Crippen molar-refractivity contribution in [2.24, 2.45) is 16.7 Å². The van der Waals surface area contributed by atoms with E-state index in [1.165, 1.54) is 57.8 Å². The van der Waals surface area contributed by atoms with Gasteiger partial charge in [0.05, 0.1) is 11.5 Å². The zero-order chi connectivity index (χ0) is 33.3. The summed E-state index contributed by atoms with van der Waals surface area (Å²) < 4.78 is 6.09. The van der Waals surface area contributed by atoms with E-state index in [1.807, 2.05) is 24.3 Å².